The number of thiophene rings is 1. The van der Waals surface area contributed by atoms with E-state index in [0.29, 0.717) is 39.2 Å². The summed E-state index contributed by atoms with van der Waals surface area (Å²) >= 11 is 7.50. The Morgan fingerprint density at radius 1 is 1.00 bits per heavy atom. The number of nitrogens with one attached hydrogen (secondary N) is 1. The minimum atomic E-state index is -0.482. The van der Waals surface area contributed by atoms with Gasteiger partial charge in [0.05, 0.1) is 40.6 Å². The third-order valence-corrected chi connectivity index (χ3v) is 7.46. The zero-order valence-electron chi connectivity index (χ0n) is 21.5. The first-order chi connectivity index (χ1) is 20.5. The predicted molar refractivity (Wildman–Crippen MR) is 154 cm³/mol. The maximum Gasteiger partial charge on any atom is 0.285 e. The molecule has 0 saturated heterocycles. The number of carbonyl (C=O) groups excluding carboxylic acids is 2. The van der Waals surface area contributed by atoms with Gasteiger partial charge in [0.1, 0.15) is 24.0 Å². The van der Waals surface area contributed by atoms with Gasteiger partial charge in [0, 0.05) is 52.9 Å². The summed E-state index contributed by atoms with van der Waals surface area (Å²) in [6.45, 7) is 0.0941. The molecule has 0 aliphatic rings. The molecule has 0 atom stereocenters. The van der Waals surface area contributed by atoms with E-state index in [-0.39, 0.29) is 23.5 Å². The highest BCUT2D eigenvalue weighted by atomic mass is 35.5. The maximum absolute atomic E-state index is 13.4. The quantitative estimate of drug-likeness (QED) is 0.236. The third kappa shape index (κ3) is 5.50. The van der Waals surface area contributed by atoms with Gasteiger partial charge in [-0.15, -0.1) is 11.3 Å². The van der Waals surface area contributed by atoms with Crippen molar-refractivity contribution in [2.75, 3.05) is 5.32 Å². The zero-order valence-corrected chi connectivity index (χ0v) is 23.1. The van der Waals surface area contributed by atoms with Gasteiger partial charge < -0.3 is 9.84 Å². The highest BCUT2D eigenvalue weighted by Crippen LogP contribution is 2.32. The molecule has 0 aromatic carbocycles. The summed E-state index contributed by atoms with van der Waals surface area (Å²) in [7, 11) is 0. The molecule has 0 fully saturated rings. The number of hydrogen-bond donors (Lipinski definition) is 1. The van der Waals surface area contributed by atoms with E-state index in [1.165, 1.54) is 57.8 Å². The maximum atomic E-state index is 13.4. The zero-order chi connectivity index (χ0) is 29.1. The third-order valence-electron chi connectivity index (χ3n) is 6.23. The van der Waals surface area contributed by atoms with Crippen LogP contribution in [0.1, 0.15) is 25.6 Å². The number of rotatable bonds is 9. The molecule has 6 aromatic heterocycles. The fourth-order valence-electron chi connectivity index (χ4n) is 4.29. The molecule has 12 nitrogen and oxygen atoms in total. The van der Waals surface area contributed by atoms with Gasteiger partial charge in [-0.1, -0.05) is 16.8 Å². The number of pyridine rings is 2. The van der Waals surface area contributed by atoms with Crippen LogP contribution >= 0.6 is 22.9 Å². The molecule has 0 unspecified atom stereocenters. The number of anilines is 1. The van der Waals surface area contributed by atoms with Gasteiger partial charge in [0.2, 0.25) is 0 Å². The van der Waals surface area contributed by atoms with Gasteiger partial charge in [0.25, 0.3) is 11.5 Å². The summed E-state index contributed by atoms with van der Waals surface area (Å²) < 4.78 is 8.06. The van der Waals surface area contributed by atoms with Gasteiger partial charge in [-0.25, -0.2) is 9.97 Å². The Balaban J connectivity index is 1.48. The molecule has 6 rings (SSSR count). The molecule has 14 heteroatoms. The van der Waals surface area contributed by atoms with Crippen molar-refractivity contribution in [3.05, 3.63) is 117 Å². The second kappa shape index (κ2) is 11.7. The Labute approximate surface area is 246 Å². The summed E-state index contributed by atoms with van der Waals surface area (Å²) in [5, 5.41) is 11.5. The lowest BCUT2D eigenvalue weighted by atomic mass is 10.0. The Morgan fingerprint density at radius 3 is 2.57 bits per heavy atom. The predicted octanol–water partition coefficient (Wildman–Crippen LogP) is 4.45. The number of carbonyl (C=O) groups is 2. The summed E-state index contributed by atoms with van der Waals surface area (Å²) in [5.74, 6) is -0.456. The lowest BCUT2D eigenvalue weighted by Gasteiger charge is -2.16. The second-order valence-electron chi connectivity index (χ2n) is 8.92. The van der Waals surface area contributed by atoms with Crippen molar-refractivity contribution < 1.29 is 14.1 Å². The topological polar surface area (TPSA) is 151 Å². The first-order valence-corrected chi connectivity index (χ1v) is 13.6. The van der Waals surface area contributed by atoms with E-state index in [2.05, 4.69) is 30.5 Å². The lowest BCUT2D eigenvalue weighted by Crippen LogP contribution is -2.26. The molecular weight excluding hydrogens is 580 g/mol. The molecular formula is C28H19ClN8O4S. The van der Waals surface area contributed by atoms with E-state index in [4.69, 9.17) is 16.1 Å². The highest BCUT2D eigenvalue weighted by Gasteiger charge is 2.23. The van der Waals surface area contributed by atoms with Gasteiger partial charge in [-0.3, -0.25) is 23.9 Å². The first kappa shape index (κ1) is 26.9. The van der Waals surface area contributed by atoms with Crippen LogP contribution < -0.4 is 10.9 Å². The van der Waals surface area contributed by atoms with Gasteiger partial charge in [-0.05, 0) is 30.3 Å². The monoisotopic (exact) mass is 598 g/mol. The van der Waals surface area contributed by atoms with E-state index in [1.54, 1.807) is 42.7 Å². The van der Waals surface area contributed by atoms with Crippen molar-refractivity contribution in [2.24, 2.45) is 0 Å². The van der Waals surface area contributed by atoms with Crippen LogP contribution in [0.25, 0.3) is 22.5 Å². The average Bonchev–Trinajstić information content (AvgIpc) is 3.79. The SMILES string of the molecule is O=C(Cn1c(-c2cccnc2)c(-c2cc(NCc3ccc(Cl)s3)n(C(=O)c3cnoc3)n2)ccc1=O)c1cncnc1. The van der Waals surface area contributed by atoms with E-state index >= 15 is 0 Å². The molecule has 0 spiro atoms. The fourth-order valence-corrected chi connectivity index (χ4v) is 5.31. The molecule has 0 radical (unpaired) electrons. The van der Waals surface area contributed by atoms with Crippen LogP contribution in [0.2, 0.25) is 4.34 Å². The molecule has 42 heavy (non-hydrogen) atoms. The Kier molecular flexibility index (Phi) is 7.49. The van der Waals surface area contributed by atoms with E-state index in [9.17, 15) is 14.4 Å². The smallest absolute Gasteiger partial charge is 0.285 e. The van der Waals surface area contributed by atoms with E-state index in [0.717, 1.165) is 4.88 Å². The van der Waals surface area contributed by atoms with Crippen LogP contribution in [0, 0.1) is 0 Å². The molecule has 0 aliphatic heterocycles. The highest BCUT2D eigenvalue weighted by molar-refractivity contribution is 7.16. The Hall–Kier alpha value is -5.27. The van der Waals surface area contributed by atoms with Gasteiger partial charge in [0.15, 0.2) is 5.78 Å². The largest absolute Gasteiger partial charge is 0.365 e. The molecule has 208 valence electrons. The molecule has 1 N–H and O–H groups in total. The number of nitrogens with zero attached hydrogens (tertiary/aromatic N) is 7. The molecule has 0 amide bonds. The van der Waals surface area contributed by atoms with Crippen molar-refractivity contribution in [1.29, 1.82) is 0 Å². The van der Waals surface area contributed by atoms with Crippen LogP contribution in [0.4, 0.5) is 5.82 Å². The second-order valence-corrected chi connectivity index (χ2v) is 10.7. The molecule has 0 bridgehead atoms. The molecule has 6 heterocycles. The summed E-state index contributed by atoms with van der Waals surface area (Å²) in [4.78, 5) is 52.7. The molecule has 0 saturated carbocycles. The van der Waals surface area contributed by atoms with Gasteiger partial charge >= 0.3 is 0 Å². The van der Waals surface area contributed by atoms with Crippen molar-refractivity contribution >= 4 is 40.4 Å². The molecule has 0 aliphatic carbocycles. The van der Waals surface area contributed by atoms with E-state index in [1.807, 2.05) is 6.07 Å². The standard InChI is InChI=1S/C28H19ClN8O4S/c29-24-5-3-20(42-24)13-33-25-8-22(35-37(25)28(40)19-12-34-41-15-19)21-4-6-26(39)36(27(21)17-2-1-7-30-9-17)14-23(38)18-10-31-16-32-11-18/h1-12,15-16,33H,13-14H2. The number of aromatic nitrogens is 7. The number of Topliss-reactive ketones (excluding diaryl/α,β-unsaturated/α-hetero) is 1. The first-order valence-electron chi connectivity index (χ1n) is 12.4. The van der Waals surface area contributed by atoms with Crippen LogP contribution in [-0.2, 0) is 13.1 Å². The Bertz CT molecular complexity index is 1940. The van der Waals surface area contributed by atoms with E-state index < -0.39 is 11.5 Å². The summed E-state index contributed by atoms with van der Waals surface area (Å²) in [6.07, 6.45) is 9.82. The van der Waals surface area contributed by atoms with Crippen LogP contribution in [0.15, 0.2) is 95.4 Å². The van der Waals surface area contributed by atoms with Crippen molar-refractivity contribution in [3.8, 4) is 22.5 Å². The summed E-state index contributed by atoms with van der Waals surface area (Å²) in [5.41, 5.74) is 1.89. The van der Waals surface area contributed by atoms with Crippen LogP contribution in [-0.4, -0.2) is 46.1 Å². The van der Waals surface area contributed by atoms with Crippen LogP contribution in [0.5, 0.6) is 0 Å². The minimum absolute atomic E-state index is 0.194. The van der Waals surface area contributed by atoms with Crippen LogP contribution in [0.3, 0.4) is 0 Å². The normalized spacial score (nSPS) is 11.0. The summed E-state index contributed by atoms with van der Waals surface area (Å²) in [6, 6.07) is 11.8. The van der Waals surface area contributed by atoms with Crippen molar-refractivity contribution in [2.45, 2.75) is 13.1 Å². The van der Waals surface area contributed by atoms with Crippen molar-refractivity contribution in [3.63, 3.8) is 0 Å². The molecule has 6 aromatic rings. The number of hydrogen-bond acceptors (Lipinski definition) is 11. The average molecular weight is 599 g/mol. The fraction of sp³-hybridized carbons (Fsp3) is 0.0714. The number of halogens is 1. The Morgan fingerprint density at radius 2 is 1.86 bits per heavy atom. The minimum Gasteiger partial charge on any atom is -0.365 e. The lowest BCUT2D eigenvalue weighted by molar-refractivity contribution is 0.0945. The van der Waals surface area contributed by atoms with Crippen molar-refractivity contribution in [1.82, 2.24) is 34.5 Å². The van der Waals surface area contributed by atoms with Gasteiger partial charge in [-0.2, -0.15) is 9.78 Å². The number of ketones is 1.